The fourth-order valence-electron chi connectivity index (χ4n) is 3.10. The lowest BCUT2D eigenvalue weighted by atomic mass is 9.83. The molecule has 1 N–H and O–H groups in total. The topological polar surface area (TPSA) is 34.0 Å². The van der Waals surface area contributed by atoms with Crippen LogP contribution in [-0.2, 0) is 6.54 Å². The molecule has 1 heterocycles. The molecule has 0 atom stereocenters. The lowest BCUT2D eigenvalue weighted by molar-refractivity contribution is 0.319. The van der Waals surface area contributed by atoms with Crippen molar-refractivity contribution >= 4 is 5.69 Å². The van der Waals surface area contributed by atoms with E-state index in [1.54, 1.807) is 10.6 Å². The van der Waals surface area contributed by atoms with Gasteiger partial charge in [0, 0.05) is 24.8 Å². The summed E-state index contributed by atoms with van der Waals surface area (Å²) < 4.78 is 1.76. The van der Waals surface area contributed by atoms with Crippen LogP contribution in [-0.4, -0.2) is 10.6 Å². The van der Waals surface area contributed by atoms with Crippen LogP contribution in [0.4, 0.5) is 5.69 Å². The van der Waals surface area contributed by atoms with E-state index in [0.717, 1.165) is 18.2 Å². The van der Waals surface area contributed by atoms with Crippen molar-refractivity contribution < 1.29 is 0 Å². The molecule has 0 aliphatic heterocycles. The second-order valence-electron chi connectivity index (χ2n) is 5.69. The SMILES string of the molecule is CCCC1CCC(Nc2ccc(=O)n(CC)c2)CC1. The molecule has 1 aliphatic rings. The van der Waals surface area contributed by atoms with Crippen molar-refractivity contribution in [3.63, 3.8) is 0 Å². The van der Waals surface area contributed by atoms with Gasteiger partial charge in [-0.25, -0.2) is 0 Å². The Morgan fingerprint density at radius 1 is 1.21 bits per heavy atom. The van der Waals surface area contributed by atoms with Crippen molar-refractivity contribution in [2.75, 3.05) is 5.32 Å². The molecule has 0 unspecified atom stereocenters. The predicted octanol–water partition coefficient (Wildman–Crippen LogP) is 3.64. The molecule has 0 aromatic carbocycles. The highest BCUT2D eigenvalue weighted by molar-refractivity contribution is 5.41. The van der Waals surface area contributed by atoms with E-state index in [1.165, 1.54) is 38.5 Å². The first-order valence-corrected chi connectivity index (χ1v) is 7.70. The van der Waals surface area contributed by atoms with Crippen LogP contribution < -0.4 is 10.9 Å². The van der Waals surface area contributed by atoms with Crippen LogP contribution in [0, 0.1) is 5.92 Å². The molecule has 3 heteroatoms. The first-order valence-electron chi connectivity index (χ1n) is 7.70. The van der Waals surface area contributed by atoms with Crippen molar-refractivity contribution in [3.05, 3.63) is 28.7 Å². The molecule has 0 bridgehead atoms. The number of aryl methyl sites for hydroxylation is 1. The summed E-state index contributed by atoms with van der Waals surface area (Å²) in [6.07, 6.45) is 9.85. The Morgan fingerprint density at radius 2 is 1.95 bits per heavy atom. The Morgan fingerprint density at radius 3 is 2.58 bits per heavy atom. The molecule has 0 spiro atoms. The van der Waals surface area contributed by atoms with Crippen molar-refractivity contribution in [1.29, 1.82) is 0 Å². The van der Waals surface area contributed by atoms with Gasteiger partial charge in [-0.3, -0.25) is 4.79 Å². The van der Waals surface area contributed by atoms with E-state index in [-0.39, 0.29) is 5.56 Å². The van der Waals surface area contributed by atoms with Crippen LogP contribution in [0.2, 0.25) is 0 Å². The zero-order valence-electron chi connectivity index (χ0n) is 12.2. The molecule has 19 heavy (non-hydrogen) atoms. The van der Waals surface area contributed by atoms with Crippen LogP contribution >= 0.6 is 0 Å². The van der Waals surface area contributed by atoms with Crippen LogP contribution in [0.15, 0.2) is 23.1 Å². The third kappa shape index (κ3) is 3.85. The summed E-state index contributed by atoms with van der Waals surface area (Å²) in [6, 6.07) is 4.15. The van der Waals surface area contributed by atoms with Gasteiger partial charge in [0.2, 0.25) is 0 Å². The minimum absolute atomic E-state index is 0.0831. The molecule has 1 aromatic rings. The summed E-state index contributed by atoms with van der Waals surface area (Å²) in [5.41, 5.74) is 1.17. The van der Waals surface area contributed by atoms with Gasteiger partial charge in [0.1, 0.15) is 0 Å². The number of nitrogens with one attached hydrogen (secondary N) is 1. The fraction of sp³-hybridized carbons (Fsp3) is 0.688. The van der Waals surface area contributed by atoms with Gasteiger partial charge in [-0.15, -0.1) is 0 Å². The maximum Gasteiger partial charge on any atom is 0.250 e. The summed E-state index contributed by atoms with van der Waals surface area (Å²) in [7, 11) is 0. The highest BCUT2D eigenvalue weighted by Gasteiger charge is 2.20. The first-order chi connectivity index (χ1) is 9.22. The Bertz CT molecular complexity index is 444. The average Bonchev–Trinajstić information content (AvgIpc) is 2.43. The number of hydrogen-bond acceptors (Lipinski definition) is 2. The smallest absolute Gasteiger partial charge is 0.250 e. The van der Waals surface area contributed by atoms with E-state index in [9.17, 15) is 4.79 Å². The van der Waals surface area contributed by atoms with Crippen LogP contribution in [0.1, 0.15) is 52.4 Å². The molecular formula is C16H26N2O. The number of rotatable bonds is 5. The van der Waals surface area contributed by atoms with Gasteiger partial charge in [0.15, 0.2) is 0 Å². The standard InChI is InChI=1S/C16H26N2O/c1-3-5-13-6-8-14(9-7-13)17-15-10-11-16(19)18(4-2)12-15/h10-14,17H,3-9H2,1-2H3. The number of nitrogens with zero attached hydrogens (tertiary/aromatic N) is 1. The highest BCUT2D eigenvalue weighted by atomic mass is 16.1. The zero-order chi connectivity index (χ0) is 13.7. The van der Waals surface area contributed by atoms with Crippen LogP contribution in [0.5, 0.6) is 0 Å². The average molecular weight is 262 g/mol. The van der Waals surface area contributed by atoms with Gasteiger partial charge in [-0.2, -0.15) is 0 Å². The molecule has 1 saturated carbocycles. The van der Waals surface area contributed by atoms with Gasteiger partial charge in [0.05, 0.1) is 5.69 Å². The van der Waals surface area contributed by atoms with Crippen molar-refractivity contribution in [3.8, 4) is 0 Å². The van der Waals surface area contributed by atoms with E-state index < -0.39 is 0 Å². The van der Waals surface area contributed by atoms with E-state index in [2.05, 4.69) is 12.2 Å². The number of anilines is 1. The number of hydrogen-bond donors (Lipinski definition) is 1. The lowest BCUT2D eigenvalue weighted by Crippen LogP contribution is -2.27. The van der Waals surface area contributed by atoms with Crippen molar-refractivity contribution in [2.45, 2.75) is 65.0 Å². The maximum atomic E-state index is 11.5. The largest absolute Gasteiger partial charge is 0.381 e. The minimum atomic E-state index is 0.0831. The second-order valence-corrected chi connectivity index (χ2v) is 5.69. The Kier molecular flexibility index (Phi) is 5.06. The Balaban J connectivity index is 1.90. The highest BCUT2D eigenvalue weighted by Crippen LogP contribution is 2.29. The fourth-order valence-corrected chi connectivity index (χ4v) is 3.10. The summed E-state index contributed by atoms with van der Waals surface area (Å²) in [5, 5.41) is 3.59. The molecule has 1 fully saturated rings. The quantitative estimate of drug-likeness (QED) is 0.879. The van der Waals surface area contributed by atoms with Crippen LogP contribution in [0.3, 0.4) is 0 Å². The summed E-state index contributed by atoms with van der Waals surface area (Å²) in [6.45, 7) is 5.01. The van der Waals surface area contributed by atoms with Crippen LogP contribution in [0.25, 0.3) is 0 Å². The van der Waals surface area contributed by atoms with Gasteiger partial charge in [-0.05, 0) is 44.6 Å². The van der Waals surface area contributed by atoms with E-state index in [4.69, 9.17) is 0 Å². The number of aromatic nitrogens is 1. The summed E-state index contributed by atoms with van der Waals surface area (Å²) in [5.74, 6) is 0.938. The Labute approximate surface area is 116 Å². The molecule has 1 aliphatic carbocycles. The third-order valence-electron chi connectivity index (χ3n) is 4.24. The zero-order valence-corrected chi connectivity index (χ0v) is 12.2. The van der Waals surface area contributed by atoms with E-state index in [0.29, 0.717) is 6.04 Å². The predicted molar refractivity (Wildman–Crippen MR) is 80.7 cm³/mol. The van der Waals surface area contributed by atoms with Gasteiger partial charge in [0.25, 0.3) is 5.56 Å². The summed E-state index contributed by atoms with van der Waals surface area (Å²) >= 11 is 0. The maximum absolute atomic E-state index is 11.5. The normalized spacial score (nSPS) is 23.3. The van der Waals surface area contributed by atoms with E-state index >= 15 is 0 Å². The van der Waals surface area contributed by atoms with Gasteiger partial charge in [-0.1, -0.05) is 19.8 Å². The monoisotopic (exact) mass is 262 g/mol. The molecule has 106 valence electrons. The number of pyridine rings is 1. The molecular weight excluding hydrogens is 236 g/mol. The molecule has 1 aromatic heterocycles. The Hall–Kier alpha value is -1.25. The molecule has 3 nitrogen and oxygen atoms in total. The molecule has 0 saturated heterocycles. The van der Waals surface area contributed by atoms with Crippen molar-refractivity contribution in [1.82, 2.24) is 4.57 Å². The van der Waals surface area contributed by atoms with Gasteiger partial charge < -0.3 is 9.88 Å². The third-order valence-corrected chi connectivity index (χ3v) is 4.24. The summed E-state index contributed by atoms with van der Waals surface area (Å²) in [4.78, 5) is 11.5. The first kappa shape index (κ1) is 14.2. The van der Waals surface area contributed by atoms with E-state index in [1.807, 2.05) is 19.2 Å². The molecule has 0 radical (unpaired) electrons. The second kappa shape index (κ2) is 6.78. The lowest BCUT2D eigenvalue weighted by Gasteiger charge is -2.29. The van der Waals surface area contributed by atoms with Gasteiger partial charge >= 0.3 is 0 Å². The molecule has 2 rings (SSSR count). The van der Waals surface area contributed by atoms with Crippen molar-refractivity contribution in [2.24, 2.45) is 5.92 Å². The minimum Gasteiger partial charge on any atom is -0.381 e. The molecule has 0 amide bonds.